The van der Waals surface area contributed by atoms with E-state index >= 15 is 0 Å². The van der Waals surface area contributed by atoms with Gasteiger partial charge in [0.05, 0.1) is 0 Å². The van der Waals surface area contributed by atoms with Gasteiger partial charge in [0.2, 0.25) is 5.28 Å². The third kappa shape index (κ3) is 1.96. The van der Waals surface area contributed by atoms with Crippen molar-refractivity contribution in [2.45, 2.75) is 19.4 Å². The van der Waals surface area contributed by atoms with E-state index in [1.54, 1.807) is 0 Å². The monoisotopic (exact) mass is 212 g/mol. The van der Waals surface area contributed by atoms with Crippen LogP contribution in [0.1, 0.15) is 12.1 Å². The first-order valence-corrected chi connectivity index (χ1v) is 5.04. The van der Waals surface area contributed by atoms with E-state index in [-0.39, 0.29) is 6.04 Å². The van der Waals surface area contributed by atoms with Crippen LogP contribution >= 0.6 is 11.6 Å². The van der Waals surface area contributed by atoms with Gasteiger partial charge in [-0.15, -0.1) is 0 Å². The predicted molar refractivity (Wildman–Crippen MR) is 56.6 cm³/mol. The van der Waals surface area contributed by atoms with Gasteiger partial charge in [-0.2, -0.15) is 0 Å². The molecule has 0 bridgehead atoms. The van der Waals surface area contributed by atoms with Crippen molar-refractivity contribution < 1.29 is 0 Å². The summed E-state index contributed by atoms with van der Waals surface area (Å²) in [6, 6.07) is 2.19. The molecule has 76 valence electrons. The Morgan fingerprint density at radius 3 is 2.93 bits per heavy atom. The highest BCUT2D eigenvalue weighted by Gasteiger charge is 2.20. The number of anilines is 1. The number of hydrogen-bond donors (Lipinski definition) is 1. The molecule has 2 rings (SSSR count). The van der Waals surface area contributed by atoms with Crippen LogP contribution in [0.4, 0.5) is 5.82 Å². The van der Waals surface area contributed by atoms with Crippen molar-refractivity contribution in [3.8, 4) is 0 Å². The molecule has 1 aromatic heterocycles. The van der Waals surface area contributed by atoms with Crippen LogP contribution in [0, 0.1) is 6.92 Å². The van der Waals surface area contributed by atoms with Gasteiger partial charge in [0.25, 0.3) is 0 Å². The minimum absolute atomic E-state index is 0.254. The molecule has 5 heteroatoms. The Kier molecular flexibility index (Phi) is 2.56. The van der Waals surface area contributed by atoms with Gasteiger partial charge in [0, 0.05) is 30.9 Å². The van der Waals surface area contributed by atoms with Gasteiger partial charge < -0.3 is 10.6 Å². The van der Waals surface area contributed by atoms with E-state index in [2.05, 4.69) is 14.9 Å². The molecule has 0 radical (unpaired) electrons. The van der Waals surface area contributed by atoms with Crippen LogP contribution in [-0.4, -0.2) is 29.1 Å². The van der Waals surface area contributed by atoms with Crippen molar-refractivity contribution in [2.24, 2.45) is 5.73 Å². The Bertz CT molecular complexity index is 321. The lowest BCUT2D eigenvalue weighted by molar-refractivity contribution is 0.751. The fraction of sp³-hybridized carbons (Fsp3) is 0.556. The van der Waals surface area contributed by atoms with E-state index in [4.69, 9.17) is 17.3 Å². The number of rotatable bonds is 1. The highest BCUT2D eigenvalue weighted by Crippen LogP contribution is 2.19. The highest BCUT2D eigenvalue weighted by atomic mass is 35.5. The summed E-state index contributed by atoms with van der Waals surface area (Å²) in [6.45, 7) is 3.72. The Hall–Kier alpha value is -0.870. The number of nitrogens with two attached hydrogens (primary N) is 1. The zero-order valence-electron chi connectivity index (χ0n) is 8.07. The smallest absolute Gasteiger partial charge is 0.224 e. The van der Waals surface area contributed by atoms with Crippen molar-refractivity contribution >= 4 is 17.4 Å². The topological polar surface area (TPSA) is 55.0 Å². The van der Waals surface area contributed by atoms with E-state index in [1.165, 1.54) is 0 Å². The summed E-state index contributed by atoms with van der Waals surface area (Å²) < 4.78 is 0. The van der Waals surface area contributed by atoms with Gasteiger partial charge in [-0.3, -0.25) is 0 Å². The maximum atomic E-state index is 5.82. The summed E-state index contributed by atoms with van der Waals surface area (Å²) in [7, 11) is 0. The summed E-state index contributed by atoms with van der Waals surface area (Å²) in [5.41, 5.74) is 6.71. The minimum atomic E-state index is 0.254. The molecule has 1 atom stereocenters. The number of hydrogen-bond acceptors (Lipinski definition) is 4. The fourth-order valence-electron chi connectivity index (χ4n) is 1.67. The van der Waals surface area contributed by atoms with Crippen LogP contribution < -0.4 is 10.6 Å². The molecule has 0 spiro atoms. The fourth-order valence-corrected chi connectivity index (χ4v) is 1.89. The van der Waals surface area contributed by atoms with Crippen molar-refractivity contribution in [1.29, 1.82) is 0 Å². The molecular formula is C9H13ClN4. The molecule has 1 aliphatic heterocycles. The van der Waals surface area contributed by atoms with Crippen molar-refractivity contribution in [3.63, 3.8) is 0 Å². The molecule has 2 heterocycles. The van der Waals surface area contributed by atoms with Gasteiger partial charge in [-0.25, -0.2) is 9.97 Å². The summed E-state index contributed by atoms with van der Waals surface area (Å²) in [5.74, 6) is 0.885. The third-order valence-corrected chi connectivity index (χ3v) is 2.53. The van der Waals surface area contributed by atoms with Gasteiger partial charge in [-0.1, -0.05) is 0 Å². The van der Waals surface area contributed by atoms with Crippen LogP contribution in [0.2, 0.25) is 5.28 Å². The van der Waals surface area contributed by atoms with Gasteiger partial charge in [-0.05, 0) is 24.9 Å². The lowest BCUT2D eigenvalue weighted by Gasteiger charge is -2.16. The molecule has 1 fully saturated rings. The lowest BCUT2D eigenvalue weighted by atomic mass is 10.3. The van der Waals surface area contributed by atoms with E-state index < -0.39 is 0 Å². The highest BCUT2D eigenvalue weighted by molar-refractivity contribution is 6.28. The largest absolute Gasteiger partial charge is 0.355 e. The maximum Gasteiger partial charge on any atom is 0.224 e. The number of aromatic nitrogens is 2. The van der Waals surface area contributed by atoms with Crippen LogP contribution in [0.25, 0.3) is 0 Å². The predicted octanol–water partition coefficient (Wildman–Crippen LogP) is 0.976. The van der Waals surface area contributed by atoms with E-state index in [0.29, 0.717) is 5.28 Å². The van der Waals surface area contributed by atoms with Gasteiger partial charge in [0.15, 0.2) is 0 Å². The standard InChI is InChI=1S/C9H13ClN4/c1-6-4-8(13-9(10)12-6)14-3-2-7(11)5-14/h4,7H,2-3,5,11H2,1H3/t7-/m0/s1. The molecule has 0 aliphatic carbocycles. The van der Waals surface area contributed by atoms with Crippen LogP contribution in [0.15, 0.2) is 6.07 Å². The Morgan fingerprint density at radius 2 is 2.36 bits per heavy atom. The summed E-state index contributed by atoms with van der Waals surface area (Å²) in [6.07, 6.45) is 1.01. The zero-order valence-corrected chi connectivity index (χ0v) is 8.83. The molecule has 2 N–H and O–H groups in total. The van der Waals surface area contributed by atoms with Crippen molar-refractivity contribution in [2.75, 3.05) is 18.0 Å². The summed E-state index contributed by atoms with van der Waals surface area (Å²) >= 11 is 5.78. The van der Waals surface area contributed by atoms with Crippen molar-refractivity contribution in [1.82, 2.24) is 9.97 Å². The molecular weight excluding hydrogens is 200 g/mol. The first-order chi connectivity index (χ1) is 6.65. The molecule has 14 heavy (non-hydrogen) atoms. The second-order valence-corrected chi connectivity index (χ2v) is 3.97. The molecule has 0 amide bonds. The maximum absolute atomic E-state index is 5.82. The molecule has 1 aromatic rings. The van der Waals surface area contributed by atoms with E-state index in [0.717, 1.165) is 31.0 Å². The summed E-state index contributed by atoms with van der Waals surface area (Å²) in [5, 5.41) is 0.306. The minimum Gasteiger partial charge on any atom is -0.355 e. The quantitative estimate of drug-likeness (QED) is 0.705. The average molecular weight is 213 g/mol. The van der Waals surface area contributed by atoms with E-state index in [1.807, 2.05) is 13.0 Å². The molecule has 0 unspecified atom stereocenters. The lowest BCUT2D eigenvalue weighted by Crippen LogP contribution is -2.27. The Morgan fingerprint density at radius 1 is 1.57 bits per heavy atom. The Labute approximate surface area is 88.1 Å². The Balaban J connectivity index is 2.23. The SMILES string of the molecule is Cc1cc(N2CC[C@H](N)C2)nc(Cl)n1. The molecule has 1 saturated heterocycles. The zero-order chi connectivity index (χ0) is 10.1. The first-order valence-electron chi connectivity index (χ1n) is 4.67. The normalized spacial score (nSPS) is 21.6. The van der Waals surface area contributed by atoms with Gasteiger partial charge in [0.1, 0.15) is 5.82 Å². The first kappa shape index (κ1) is 9.68. The molecule has 0 aromatic carbocycles. The van der Waals surface area contributed by atoms with Crippen LogP contribution in [0.5, 0.6) is 0 Å². The second-order valence-electron chi connectivity index (χ2n) is 3.63. The summed E-state index contributed by atoms with van der Waals surface area (Å²) in [4.78, 5) is 10.3. The third-order valence-electron chi connectivity index (χ3n) is 2.36. The molecule has 1 aliphatic rings. The van der Waals surface area contributed by atoms with E-state index in [9.17, 15) is 0 Å². The molecule has 0 saturated carbocycles. The molecule has 4 nitrogen and oxygen atoms in total. The average Bonchev–Trinajstić information content (AvgIpc) is 2.50. The van der Waals surface area contributed by atoms with Crippen LogP contribution in [0.3, 0.4) is 0 Å². The van der Waals surface area contributed by atoms with Gasteiger partial charge >= 0.3 is 0 Å². The van der Waals surface area contributed by atoms with Crippen molar-refractivity contribution in [3.05, 3.63) is 17.0 Å². The number of nitrogens with zero attached hydrogens (tertiary/aromatic N) is 3. The van der Waals surface area contributed by atoms with Crippen LogP contribution in [-0.2, 0) is 0 Å². The number of aryl methyl sites for hydroxylation is 1. The number of halogens is 1. The second kappa shape index (κ2) is 3.71.